The maximum absolute atomic E-state index is 12.7. The average molecular weight is 414 g/mol. The number of thiazole rings is 1. The minimum Gasteiger partial charge on any atom is -0.341 e. The van der Waals surface area contributed by atoms with Crippen molar-refractivity contribution in [3.05, 3.63) is 63.7 Å². The van der Waals surface area contributed by atoms with Crippen molar-refractivity contribution in [2.24, 2.45) is 0 Å². The van der Waals surface area contributed by atoms with Crippen LogP contribution in [0.1, 0.15) is 23.8 Å². The van der Waals surface area contributed by atoms with Crippen molar-refractivity contribution in [3.63, 3.8) is 0 Å². The van der Waals surface area contributed by atoms with Crippen LogP contribution in [0.4, 0.5) is 5.69 Å². The number of aromatic nitrogens is 1. The highest BCUT2D eigenvalue weighted by Crippen LogP contribution is 2.34. The van der Waals surface area contributed by atoms with Crippen LogP contribution >= 0.6 is 23.1 Å². The maximum atomic E-state index is 12.7. The number of para-hydroxylation sites is 2. The molecule has 8 heteroatoms. The lowest BCUT2D eigenvalue weighted by molar-refractivity contribution is -0.387. The fourth-order valence-electron chi connectivity index (χ4n) is 3.43. The molecular formula is C20H19N3O3S2. The molecule has 1 amide bonds. The number of hydrogen-bond acceptors (Lipinski definition) is 6. The number of rotatable bonds is 5. The summed E-state index contributed by atoms with van der Waals surface area (Å²) >= 11 is 2.94. The normalized spacial score (nSPS) is 17.0. The number of nitro groups is 1. The number of thioether (sulfide) groups is 1. The van der Waals surface area contributed by atoms with Gasteiger partial charge >= 0.3 is 0 Å². The van der Waals surface area contributed by atoms with E-state index in [0.717, 1.165) is 29.9 Å². The van der Waals surface area contributed by atoms with Crippen molar-refractivity contribution < 1.29 is 9.72 Å². The molecule has 1 aromatic heterocycles. The summed E-state index contributed by atoms with van der Waals surface area (Å²) in [6.07, 6.45) is 1.98. The molecule has 0 unspecified atom stereocenters. The molecule has 0 aliphatic carbocycles. The largest absolute Gasteiger partial charge is 0.341 e. The third kappa shape index (κ3) is 4.02. The van der Waals surface area contributed by atoms with Crippen LogP contribution in [-0.4, -0.2) is 39.6 Å². The zero-order valence-corrected chi connectivity index (χ0v) is 16.7. The van der Waals surface area contributed by atoms with Gasteiger partial charge in [0.15, 0.2) is 0 Å². The van der Waals surface area contributed by atoms with Gasteiger partial charge in [0, 0.05) is 25.1 Å². The molecule has 1 saturated heterocycles. The van der Waals surface area contributed by atoms with Crippen LogP contribution < -0.4 is 0 Å². The third-order valence-electron chi connectivity index (χ3n) is 4.85. The molecule has 6 nitrogen and oxygen atoms in total. The Balaban J connectivity index is 1.41. The topological polar surface area (TPSA) is 76.3 Å². The number of amides is 1. The Labute approximate surface area is 170 Å². The van der Waals surface area contributed by atoms with E-state index in [4.69, 9.17) is 4.98 Å². The molecule has 0 N–H and O–H groups in total. The molecule has 0 bridgehead atoms. The number of benzene rings is 2. The number of likely N-dealkylation sites (tertiary alicyclic amines) is 1. The van der Waals surface area contributed by atoms with Gasteiger partial charge in [0.25, 0.3) is 5.69 Å². The zero-order valence-electron chi connectivity index (χ0n) is 15.1. The highest BCUT2D eigenvalue weighted by atomic mass is 32.2. The van der Waals surface area contributed by atoms with Gasteiger partial charge in [-0.3, -0.25) is 14.9 Å². The van der Waals surface area contributed by atoms with Crippen molar-refractivity contribution in [3.8, 4) is 0 Å². The summed E-state index contributed by atoms with van der Waals surface area (Å²) in [4.78, 5) is 30.6. The Morgan fingerprint density at radius 3 is 2.86 bits per heavy atom. The van der Waals surface area contributed by atoms with Crippen LogP contribution in [0.5, 0.6) is 0 Å². The molecule has 2 aromatic carbocycles. The van der Waals surface area contributed by atoms with Crippen LogP contribution in [0.3, 0.4) is 0 Å². The van der Waals surface area contributed by atoms with Crippen LogP contribution in [0.15, 0.2) is 53.4 Å². The maximum Gasteiger partial charge on any atom is 0.282 e. The molecule has 4 rings (SSSR count). The predicted molar refractivity (Wildman–Crippen MR) is 112 cm³/mol. The molecule has 0 radical (unpaired) electrons. The van der Waals surface area contributed by atoms with E-state index in [-0.39, 0.29) is 23.3 Å². The quantitative estimate of drug-likeness (QED) is 0.344. The van der Waals surface area contributed by atoms with Crippen LogP contribution in [0, 0.1) is 10.1 Å². The minimum absolute atomic E-state index is 0.0222. The van der Waals surface area contributed by atoms with Gasteiger partial charge in [0.05, 0.1) is 30.8 Å². The highest BCUT2D eigenvalue weighted by Gasteiger charge is 2.27. The molecule has 1 atom stereocenters. The average Bonchev–Trinajstić information content (AvgIpc) is 3.16. The lowest BCUT2D eigenvalue weighted by atomic mass is 9.99. The van der Waals surface area contributed by atoms with E-state index in [0.29, 0.717) is 11.4 Å². The third-order valence-corrected chi connectivity index (χ3v) is 7.09. The monoisotopic (exact) mass is 413 g/mol. The van der Waals surface area contributed by atoms with Gasteiger partial charge in [-0.05, 0) is 31.0 Å². The van der Waals surface area contributed by atoms with Gasteiger partial charge in [-0.2, -0.15) is 0 Å². The van der Waals surface area contributed by atoms with Crippen LogP contribution in [0.25, 0.3) is 10.2 Å². The number of nitro benzene ring substituents is 1. The fourth-order valence-corrected chi connectivity index (χ4v) is 5.45. The number of carbonyl (C=O) groups is 1. The summed E-state index contributed by atoms with van der Waals surface area (Å²) in [5.74, 6) is 0.484. The van der Waals surface area contributed by atoms with E-state index in [1.807, 2.05) is 23.1 Å². The first kappa shape index (κ1) is 18.9. The molecule has 1 fully saturated rings. The first-order chi connectivity index (χ1) is 13.6. The van der Waals surface area contributed by atoms with E-state index in [2.05, 4.69) is 6.07 Å². The van der Waals surface area contributed by atoms with E-state index >= 15 is 0 Å². The van der Waals surface area contributed by atoms with E-state index in [9.17, 15) is 14.9 Å². The second-order valence-electron chi connectivity index (χ2n) is 6.71. The standard InChI is InChI=1S/C20H19N3O3S2/c24-19(13-27-18-10-4-2-8-16(18)23(25)26)22-11-5-6-14(12-22)20-21-15-7-1-3-9-17(15)28-20/h1-4,7-10,14H,5-6,11-13H2/t14-/m0/s1. The zero-order chi connectivity index (χ0) is 19.5. The molecule has 2 heterocycles. The Morgan fingerprint density at radius 1 is 1.25 bits per heavy atom. The summed E-state index contributed by atoms with van der Waals surface area (Å²) in [5.41, 5.74) is 1.06. The lowest BCUT2D eigenvalue weighted by Crippen LogP contribution is -2.40. The van der Waals surface area contributed by atoms with Gasteiger partial charge in [-0.1, -0.05) is 24.3 Å². The molecule has 1 aliphatic rings. The summed E-state index contributed by atoms with van der Waals surface area (Å²) < 4.78 is 1.17. The van der Waals surface area contributed by atoms with Gasteiger partial charge in [-0.25, -0.2) is 4.98 Å². The predicted octanol–water partition coefficient (Wildman–Crippen LogP) is 4.70. The van der Waals surface area contributed by atoms with E-state index in [1.54, 1.807) is 29.5 Å². The number of piperidine rings is 1. The van der Waals surface area contributed by atoms with Crippen LogP contribution in [-0.2, 0) is 4.79 Å². The molecule has 28 heavy (non-hydrogen) atoms. The number of fused-ring (bicyclic) bond motifs is 1. The Bertz CT molecular complexity index is 988. The smallest absolute Gasteiger partial charge is 0.282 e. The number of nitrogens with zero attached hydrogens (tertiary/aromatic N) is 3. The number of hydrogen-bond donors (Lipinski definition) is 0. The first-order valence-corrected chi connectivity index (χ1v) is 10.9. The van der Waals surface area contributed by atoms with Crippen molar-refractivity contribution in [1.29, 1.82) is 0 Å². The first-order valence-electron chi connectivity index (χ1n) is 9.11. The lowest BCUT2D eigenvalue weighted by Gasteiger charge is -2.31. The summed E-state index contributed by atoms with van der Waals surface area (Å²) in [7, 11) is 0. The summed E-state index contributed by atoms with van der Waals surface area (Å²) in [6, 6.07) is 14.6. The number of carbonyl (C=O) groups excluding carboxylic acids is 1. The molecule has 0 saturated carbocycles. The Hall–Kier alpha value is -2.45. The Kier molecular flexibility index (Phi) is 5.59. The van der Waals surface area contributed by atoms with E-state index < -0.39 is 4.92 Å². The van der Waals surface area contributed by atoms with Crippen molar-refractivity contribution in [2.45, 2.75) is 23.7 Å². The SMILES string of the molecule is O=C(CSc1ccccc1[N+](=O)[O-])N1CCC[C@H](c2nc3ccccc3s2)C1. The highest BCUT2D eigenvalue weighted by molar-refractivity contribution is 8.00. The fraction of sp³-hybridized carbons (Fsp3) is 0.300. The summed E-state index contributed by atoms with van der Waals surface area (Å²) in [6.45, 7) is 1.40. The molecule has 144 valence electrons. The minimum atomic E-state index is -0.406. The van der Waals surface area contributed by atoms with Crippen molar-refractivity contribution in [2.75, 3.05) is 18.8 Å². The van der Waals surface area contributed by atoms with Gasteiger partial charge in [-0.15, -0.1) is 23.1 Å². The second kappa shape index (κ2) is 8.28. The molecule has 1 aliphatic heterocycles. The summed E-state index contributed by atoms with van der Waals surface area (Å²) in [5, 5.41) is 12.2. The van der Waals surface area contributed by atoms with E-state index in [1.165, 1.54) is 22.5 Å². The van der Waals surface area contributed by atoms with Crippen molar-refractivity contribution >= 4 is 44.9 Å². The second-order valence-corrected chi connectivity index (χ2v) is 8.79. The molecule has 3 aromatic rings. The molecule has 0 spiro atoms. The molecular weight excluding hydrogens is 394 g/mol. The van der Waals surface area contributed by atoms with Crippen LogP contribution in [0.2, 0.25) is 0 Å². The van der Waals surface area contributed by atoms with Crippen molar-refractivity contribution in [1.82, 2.24) is 9.88 Å². The Morgan fingerprint density at radius 2 is 2.04 bits per heavy atom. The van der Waals surface area contributed by atoms with Gasteiger partial charge in [0.1, 0.15) is 0 Å². The van der Waals surface area contributed by atoms with Gasteiger partial charge < -0.3 is 4.90 Å². The van der Waals surface area contributed by atoms with Gasteiger partial charge in [0.2, 0.25) is 5.91 Å².